The van der Waals surface area contributed by atoms with Crippen molar-refractivity contribution in [3.05, 3.63) is 57.6 Å². The molecular formula is C19H19Cl2NO3S. The molecule has 1 amide bonds. The van der Waals surface area contributed by atoms with Gasteiger partial charge in [0.2, 0.25) is 5.91 Å². The minimum Gasteiger partial charge on any atom is -0.493 e. The largest absolute Gasteiger partial charge is 0.493 e. The van der Waals surface area contributed by atoms with Crippen LogP contribution in [0, 0.1) is 0 Å². The van der Waals surface area contributed by atoms with Crippen molar-refractivity contribution in [2.45, 2.75) is 11.8 Å². The molecule has 1 heterocycles. The number of nitrogens with zero attached hydrogens (tertiary/aromatic N) is 1. The number of halogens is 2. The summed E-state index contributed by atoms with van der Waals surface area (Å²) >= 11 is 13.9. The molecule has 3 rings (SSSR count). The molecule has 1 atom stereocenters. The maximum atomic E-state index is 12.4. The van der Waals surface area contributed by atoms with Crippen molar-refractivity contribution in [2.75, 3.05) is 26.5 Å². The lowest BCUT2D eigenvalue weighted by Gasteiger charge is -2.25. The van der Waals surface area contributed by atoms with Crippen molar-refractivity contribution < 1.29 is 14.3 Å². The number of hydrogen-bond acceptors (Lipinski definition) is 4. The zero-order valence-electron chi connectivity index (χ0n) is 14.5. The SMILES string of the molecule is COc1ccc(CCN2C(=O)CS[C@@H]2c2ccc(Cl)cc2Cl)cc1OC. The summed E-state index contributed by atoms with van der Waals surface area (Å²) in [7, 11) is 3.22. The minimum atomic E-state index is -0.0904. The maximum absolute atomic E-state index is 12.4. The van der Waals surface area contributed by atoms with Gasteiger partial charge in [0.05, 0.1) is 20.0 Å². The predicted molar refractivity (Wildman–Crippen MR) is 107 cm³/mol. The Morgan fingerprint density at radius 1 is 1.12 bits per heavy atom. The Hall–Kier alpha value is -1.56. The second kappa shape index (κ2) is 8.42. The number of methoxy groups -OCH3 is 2. The third kappa shape index (κ3) is 4.05. The number of carbonyl (C=O) groups is 1. The van der Waals surface area contributed by atoms with E-state index >= 15 is 0 Å². The average molecular weight is 412 g/mol. The topological polar surface area (TPSA) is 38.8 Å². The summed E-state index contributed by atoms with van der Waals surface area (Å²) in [6.45, 7) is 0.602. The smallest absolute Gasteiger partial charge is 0.233 e. The molecule has 0 saturated carbocycles. The van der Waals surface area contributed by atoms with Crippen molar-refractivity contribution >= 4 is 40.9 Å². The first-order valence-corrected chi connectivity index (χ1v) is 9.91. The van der Waals surface area contributed by atoms with Crippen LogP contribution in [0.4, 0.5) is 0 Å². The second-order valence-corrected chi connectivity index (χ2v) is 7.77. The first-order chi connectivity index (χ1) is 12.5. The van der Waals surface area contributed by atoms with Gasteiger partial charge in [0, 0.05) is 22.2 Å². The van der Waals surface area contributed by atoms with Crippen LogP contribution in [-0.4, -0.2) is 37.3 Å². The van der Waals surface area contributed by atoms with Crippen molar-refractivity contribution in [1.29, 1.82) is 0 Å². The molecule has 7 heteroatoms. The summed E-state index contributed by atoms with van der Waals surface area (Å²) in [5, 5.41) is 1.08. The second-order valence-electron chi connectivity index (χ2n) is 5.86. The van der Waals surface area contributed by atoms with Gasteiger partial charge >= 0.3 is 0 Å². The molecule has 0 aromatic heterocycles. The van der Waals surface area contributed by atoms with Crippen LogP contribution in [0.5, 0.6) is 11.5 Å². The van der Waals surface area contributed by atoms with E-state index in [2.05, 4.69) is 0 Å². The highest BCUT2D eigenvalue weighted by molar-refractivity contribution is 8.00. The molecule has 2 aromatic carbocycles. The Balaban J connectivity index is 1.76. The van der Waals surface area contributed by atoms with Crippen LogP contribution in [0.15, 0.2) is 36.4 Å². The molecule has 0 bridgehead atoms. The first kappa shape index (κ1) is 19.2. The number of amides is 1. The van der Waals surface area contributed by atoms with E-state index in [-0.39, 0.29) is 11.3 Å². The number of hydrogen-bond donors (Lipinski definition) is 0. The third-order valence-electron chi connectivity index (χ3n) is 4.29. The van der Waals surface area contributed by atoms with E-state index < -0.39 is 0 Å². The zero-order valence-corrected chi connectivity index (χ0v) is 16.8. The maximum Gasteiger partial charge on any atom is 0.233 e. The van der Waals surface area contributed by atoms with Gasteiger partial charge in [0.1, 0.15) is 5.37 Å². The van der Waals surface area contributed by atoms with Crippen LogP contribution in [0.1, 0.15) is 16.5 Å². The standard InChI is InChI=1S/C19H19Cl2NO3S/c1-24-16-6-3-12(9-17(16)25-2)7-8-22-18(23)11-26-19(22)14-5-4-13(20)10-15(14)21/h3-6,9-10,19H,7-8,11H2,1-2H3/t19-/m1/s1. The highest BCUT2D eigenvalue weighted by atomic mass is 35.5. The van der Waals surface area contributed by atoms with Crippen molar-refractivity contribution in [3.8, 4) is 11.5 Å². The Bertz CT molecular complexity index is 815. The molecule has 1 saturated heterocycles. The Morgan fingerprint density at radius 3 is 2.58 bits per heavy atom. The van der Waals surface area contributed by atoms with Gasteiger partial charge in [-0.3, -0.25) is 4.79 Å². The van der Waals surface area contributed by atoms with E-state index in [1.165, 1.54) is 0 Å². The van der Waals surface area contributed by atoms with Crippen LogP contribution in [0.25, 0.3) is 0 Å². The van der Waals surface area contributed by atoms with Crippen LogP contribution in [0.2, 0.25) is 10.0 Å². The van der Waals surface area contributed by atoms with E-state index in [1.54, 1.807) is 38.1 Å². The monoisotopic (exact) mass is 411 g/mol. The lowest BCUT2D eigenvalue weighted by molar-refractivity contribution is -0.128. The molecule has 26 heavy (non-hydrogen) atoms. The van der Waals surface area contributed by atoms with Gasteiger partial charge in [-0.25, -0.2) is 0 Å². The molecule has 0 radical (unpaired) electrons. The fourth-order valence-electron chi connectivity index (χ4n) is 2.94. The highest BCUT2D eigenvalue weighted by Crippen LogP contribution is 2.42. The van der Waals surface area contributed by atoms with Gasteiger partial charge in [0.15, 0.2) is 11.5 Å². The van der Waals surface area contributed by atoms with Gasteiger partial charge in [-0.2, -0.15) is 0 Å². The number of thioether (sulfide) groups is 1. The number of ether oxygens (including phenoxy) is 2. The van der Waals surface area contributed by atoms with E-state index in [0.717, 1.165) is 11.1 Å². The lowest BCUT2D eigenvalue weighted by atomic mass is 10.1. The van der Waals surface area contributed by atoms with Crippen molar-refractivity contribution in [3.63, 3.8) is 0 Å². The van der Waals surface area contributed by atoms with Gasteiger partial charge in [-0.15, -0.1) is 11.8 Å². The normalized spacial score (nSPS) is 16.8. The quantitative estimate of drug-likeness (QED) is 0.682. The van der Waals surface area contributed by atoms with Crippen LogP contribution < -0.4 is 9.47 Å². The molecule has 2 aromatic rings. The highest BCUT2D eigenvalue weighted by Gasteiger charge is 2.33. The summed E-state index contributed by atoms with van der Waals surface area (Å²) in [4.78, 5) is 14.2. The number of carbonyl (C=O) groups excluding carboxylic acids is 1. The van der Waals surface area contributed by atoms with E-state index in [4.69, 9.17) is 32.7 Å². The molecule has 4 nitrogen and oxygen atoms in total. The van der Waals surface area contributed by atoms with Crippen LogP contribution in [-0.2, 0) is 11.2 Å². The average Bonchev–Trinajstić information content (AvgIpc) is 3.00. The summed E-state index contributed by atoms with van der Waals surface area (Å²) in [5.74, 6) is 1.95. The molecular weight excluding hydrogens is 393 g/mol. The molecule has 0 N–H and O–H groups in total. The summed E-state index contributed by atoms with van der Waals surface area (Å²) < 4.78 is 10.6. The van der Waals surface area contributed by atoms with Gasteiger partial charge in [0.25, 0.3) is 0 Å². The number of benzene rings is 2. The lowest BCUT2D eigenvalue weighted by Crippen LogP contribution is -2.30. The van der Waals surface area contributed by atoms with Gasteiger partial charge in [-0.05, 0) is 36.2 Å². The molecule has 0 unspecified atom stereocenters. The minimum absolute atomic E-state index is 0.0904. The Morgan fingerprint density at radius 2 is 1.88 bits per heavy atom. The van der Waals surface area contributed by atoms with E-state index in [1.807, 2.05) is 29.2 Å². The third-order valence-corrected chi connectivity index (χ3v) is 6.09. The summed E-state index contributed by atoms with van der Waals surface area (Å²) in [6, 6.07) is 11.2. The predicted octanol–water partition coefficient (Wildman–Crippen LogP) is 4.83. The molecule has 0 spiro atoms. The summed E-state index contributed by atoms with van der Waals surface area (Å²) in [6.07, 6.45) is 0.717. The van der Waals surface area contributed by atoms with Crippen LogP contribution >= 0.6 is 35.0 Å². The fourth-order valence-corrected chi connectivity index (χ4v) is 4.77. The molecule has 1 aliphatic heterocycles. The first-order valence-electron chi connectivity index (χ1n) is 8.10. The van der Waals surface area contributed by atoms with Crippen molar-refractivity contribution in [1.82, 2.24) is 4.90 Å². The Kier molecular flexibility index (Phi) is 6.22. The molecule has 1 aliphatic rings. The van der Waals surface area contributed by atoms with E-state index in [0.29, 0.717) is 40.3 Å². The number of rotatable bonds is 6. The molecule has 138 valence electrons. The molecule has 0 aliphatic carbocycles. The van der Waals surface area contributed by atoms with E-state index in [9.17, 15) is 4.79 Å². The zero-order chi connectivity index (χ0) is 18.7. The van der Waals surface area contributed by atoms with Crippen molar-refractivity contribution in [2.24, 2.45) is 0 Å². The summed E-state index contributed by atoms with van der Waals surface area (Å²) in [5.41, 5.74) is 1.99. The van der Waals surface area contributed by atoms with Gasteiger partial charge < -0.3 is 14.4 Å². The Labute approximate surface area is 167 Å². The fraction of sp³-hybridized carbons (Fsp3) is 0.316. The molecule has 1 fully saturated rings. The van der Waals surface area contributed by atoms with Crippen LogP contribution in [0.3, 0.4) is 0 Å². The van der Waals surface area contributed by atoms with Gasteiger partial charge in [-0.1, -0.05) is 35.3 Å².